The summed E-state index contributed by atoms with van der Waals surface area (Å²) in [6, 6.07) is 3.29. The number of fused-ring (bicyclic) bond motifs is 1. The summed E-state index contributed by atoms with van der Waals surface area (Å²) in [6.45, 7) is 3.58. The topological polar surface area (TPSA) is 112 Å². The molecule has 13 heteroatoms. The standard InChI is InChI=1S/C23H28ClF3N6O3/c1-22(2)7-6-12(8-30-22)31-20-29-10-15(24)17(33-20)14-9-28-18-13(14)4-5-16(32-21(34)35-3)19(18)36-11-23(25,26)27/h4-5,9-10,12,20,28,30-31,33H,6-8,11H2,1-3H3,(H,32,34). The van der Waals surface area contributed by atoms with E-state index in [2.05, 4.69) is 49.8 Å². The number of benzene rings is 1. The maximum Gasteiger partial charge on any atom is 0.422 e. The van der Waals surface area contributed by atoms with Crippen molar-refractivity contribution in [1.29, 1.82) is 0 Å². The zero-order valence-electron chi connectivity index (χ0n) is 20.0. The Labute approximate surface area is 210 Å². The van der Waals surface area contributed by atoms with Gasteiger partial charge in [-0.2, -0.15) is 13.2 Å². The van der Waals surface area contributed by atoms with E-state index in [9.17, 15) is 18.0 Å². The number of nitrogens with one attached hydrogen (secondary N) is 5. The number of alkyl halides is 3. The second kappa shape index (κ2) is 10.2. The molecule has 2 unspecified atom stereocenters. The van der Waals surface area contributed by atoms with E-state index in [1.807, 2.05) is 0 Å². The first-order valence-corrected chi connectivity index (χ1v) is 11.7. The molecule has 1 aromatic carbocycles. The number of nitrogens with zero attached hydrogens (tertiary/aromatic N) is 1. The van der Waals surface area contributed by atoms with Crippen LogP contribution in [0.5, 0.6) is 5.75 Å². The number of carbonyl (C=O) groups is 1. The van der Waals surface area contributed by atoms with Crippen LogP contribution < -0.4 is 26.0 Å². The highest BCUT2D eigenvalue weighted by Crippen LogP contribution is 2.38. The molecule has 0 aliphatic carbocycles. The van der Waals surface area contributed by atoms with Gasteiger partial charge >= 0.3 is 12.3 Å². The number of H-pyrrole nitrogens is 1. The van der Waals surface area contributed by atoms with Gasteiger partial charge in [-0.15, -0.1) is 0 Å². The van der Waals surface area contributed by atoms with Crippen LogP contribution in [0.4, 0.5) is 23.7 Å². The van der Waals surface area contributed by atoms with Gasteiger partial charge in [0.1, 0.15) is 0 Å². The first kappa shape index (κ1) is 26.1. The number of methoxy groups -OCH3 is 1. The fourth-order valence-corrected chi connectivity index (χ4v) is 4.38. The number of carbonyl (C=O) groups excluding carboxylic acids is 1. The predicted octanol–water partition coefficient (Wildman–Crippen LogP) is 4.27. The molecular weight excluding hydrogens is 501 g/mol. The zero-order valence-corrected chi connectivity index (χ0v) is 20.7. The van der Waals surface area contributed by atoms with E-state index in [4.69, 9.17) is 16.3 Å². The van der Waals surface area contributed by atoms with Crippen LogP contribution in [0.1, 0.15) is 32.3 Å². The molecule has 2 aliphatic heterocycles. The van der Waals surface area contributed by atoms with Crippen LogP contribution in [0.3, 0.4) is 0 Å². The Morgan fingerprint density at radius 1 is 1.33 bits per heavy atom. The molecule has 1 amide bonds. The van der Waals surface area contributed by atoms with Crippen molar-refractivity contribution in [2.24, 2.45) is 4.99 Å². The quantitative estimate of drug-likeness (QED) is 0.383. The van der Waals surface area contributed by atoms with Gasteiger partial charge < -0.3 is 25.1 Å². The summed E-state index contributed by atoms with van der Waals surface area (Å²) in [6.07, 6.45) is -0.726. The number of rotatable bonds is 6. The van der Waals surface area contributed by atoms with Crippen molar-refractivity contribution in [3.63, 3.8) is 0 Å². The molecule has 5 N–H and O–H groups in total. The van der Waals surface area contributed by atoms with Gasteiger partial charge in [0.15, 0.2) is 18.6 Å². The van der Waals surface area contributed by atoms with E-state index in [0.717, 1.165) is 26.5 Å². The smallest absolute Gasteiger partial charge is 0.422 e. The zero-order chi connectivity index (χ0) is 26.1. The number of piperidine rings is 1. The highest BCUT2D eigenvalue weighted by Gasteiger charge is 2.31. The Morgan fingerprint density at radius 2 is 2.11 bits per heavy atom. The number of aromatic amines is 1. The lowest BCUT2D eigenvalue weighted by Crippen LogP contribution is -2.57. The maximum absolute atomic E-state index is 12.9. The van der Waals surface area contributed by atoms with Crippen LogP contribution >= 0.6 is 11.6 Å². The molecule has 0 radical (unpaired) electrons. The van der Waals surface area contributed by atoms with E-state index in [-0.39, 0.29) is 28.5 Å². The van der Waals surface area contributed by atoms with Crippen molar-refractivity contribution in [1.82, 2.24) is 20.9 Å². The number of halogens is 4. The summed E-state index contributed by atoms with van der Waals surface area (Å²) >= 11 is 6.46. The van der Waals surface area contributed by atoms with E-state index in [0.29, 0.717) is 21.7 Å². The van der Waals surface area contributed by atoms with Crippen LogP contribution in [0.2, 0.25) is 0 Å². The molecule has 0 bridgehead atoms. The third kappa shape index (κ3) is 6.05. The van der Waals surface area contributed by atoms with Crippen LogP contribution in [0.25, 0.3) is 16.6 Å². The van der Waals surface area contributed by atoms with Gasteiger partial charge in [-0.05, 0) is 38.8 Å². The number of allylic oxidation sites excluding steroid dienone is 1. The van der Waals surface area contributed by atoms with Crippen LogP contribution in [0.15, 0.2) is 28.4 Å². The molecule has 0 saturated carbocycles. The molecule has 1 aromatic heterocycles. The number of ether oxygens (including phenoxy) is 2. The molecular formula is C23H28ClF3N6O3. The summed E-state index contributed by atoms with van der Waals surface area (Å²) in [4.78, 5) is 19.1. The largest absolute Gasteiger partial charge is 0.480 e. The average Bonchev–Trinajstić information content (AvgIpc) is 3.24. The molecule has 2 aromatic rings. The molecule has 4 rings (SSSR count). The monoisotopic (exact) mass is 528 g/mol. The van der Waals surface area contributed by atoms with Gasteiger partial charge in [-0.25, -0.2) is 4.79 Å². The number of anilines is 1. The highest BCUT2D eigenvalue weighted by atomic mass is 35.5. The van der Waals surface area contributed by atoms with Crippen LogP contribution in [-0.4, -0.2) is 61.6 Å². The minimum Gasteiger partial charge on any atom is -0.480 e. The minimum absolute atomic E-state index is 0.0255. The molecule has 3 heterocycles. The second-order valence-corrected chi connectivity index (χ2v) is 9.71. The van der Waals surface area contributed by atoms with Gasteiger partial charge in [0.25, 0.3) is 0 Å². The maximum atomic E-state index is 12.9. The second-order valence-electron chi connectivity index (χ2n) is 9.30. The summed E-state index contributed by atoms with van der Waals surface area (Å²) in [5.41, 5.74) is 1.53. The fourth-order valence-electron chi connectivity index (χ4n) is 4.17. The minimum atomic E-state index is -4.57. The van der Waals surface area contributed by atoms with Crippen LogP contribution in [-0.2, 0) is 4.74 Å². The van der Waals surface area contributed by atoms with Gasteiger partial charge in [0, 0.05) is 41.5 Å². The molecule has 196 valence electrons. The van der Waals surface area contributed by atoms with Gasteiger partial charge in [0.05, 0.1) is 29.0 Å². The third-order valence-electron chi connectivity index (χ3n) is 6.08. The van der Waals surface area contributed by atoms with Gasteiger partial charge in [0.2, 0.25) is 0 Å². The lowest BCUT2D eigenvalue weighted by molar-refractivity contribution is -0.153. The molecule has 9 nitrogen and oxygen atoms in total. The number of hydrogen-bond acceptors (Lipinski definition) is 7. The number of amides is 1. The van der Waals surface area contributed by atoms with E-state index >= 15 is 0 Å². The number of hydrogen-bond donors (Lipinski definition) is 5. The van der Waals surface area contributed by atoms with Crippen molar-refractivity contribution in [2.45, 2.75) is 50.7 Å². The van der Waals surface area contributed by atoms with E-state index < -0.39 is 25.2 Å². The Morgan fingerprint density at radius 3 is 2.78 bits per heavy atom. The summed E-state index contributed by atoms with van der Waals surface area (Å²) in [5.74, 6) is -0.173. The Balaban J connectivity index is 1.60. The van der Waals surface area contributed by atoms with Crippen molar-refractivity contribution < 1.29 is 27.4 Å². The molecule has 1 fully saturated rings. The lowest BCUT2D eigenvalue weighted by atomic mass is 9.91. The van der Waals surface area contributed by atoms with Gasteiger partial charge in [-0.3, -0.25) is 15.6 Å². The summed E-state index contributed by atoms with van der Waals surface area (Å²) in [5, 5.41) is 13.5. The Kier molecular flexibility index (Phi) is 7.39. The van der Waals surface area contributed by atoms with Crippen molar-refractivity contribution in [3.8, 4) is 5.75 Å². The SMILES string of the molecule is COC(=O)Nc1ccc2c(C3=C(Cl)C=NC(NC4CCC(C)(C)NC4)N3)c[nH]c2c1OCC(F)(F)F. The Hall–Kier alpha value is -2.96. The number of aromatic nitrogens is 1. The van der Waals surface area contributed by atoms with E-state index in [1.165, 1.54) is 6.07 Å². The fraction of sp³-hybridized carbons (Fsp3) is 0.478. The predicted molar refractivity (Wildman–Crippen MR) is 132 cm³/mol. The highest BCUT2D eigenvalue weighted by molar-refractivity contribution is 6.42. The normalized spacial score (nSPS) is 21.9. The van der Waals surface area contributed by atoms with Crippen LogP contribution in [0, 0.1) is 0 Å². The third-order valence-corrected chi connectivity index (χ3v) is 6.36. The molecule has 36 heavy (non-hydrogen) atoms. The first-order chi connectivity index (χ1) is 17.0. The van der Waals surface area contributed by atoms with Crippen molar-refractivity contribution in [3.05, 3.63) is 28.9 Å². The number of aliphatic imine (C=N–C) groups is 1. The summed E-state index contributed by atoms with van der Waals surface area (Å²) in [7, 11) is 1.15. The molecule has 2 atom stereocenters. The van der Waals surface area contributed by atoms with Crippen molar-refractivity contribution in [2.75, 3.05) is 25.6 Å². The van der Waals surface area contributed by atoms with E-state index in [1.54, 1.807) is 18.5 Å². The molecule has 0 spiro atoms. The molecule has 1 saturated heterocycles. The van der Waals surface area contributed by atoms with Crippen molar-refractivity contribution >= 4 is 46.2 Å². The first-order valence-electron chi connectivity index (χ1n) is 11.4. The Bertz CT molecular complexity index is 1180. The lowest BCUT2D eigenvalue weighted by Gasteiger charge is -2.37. The molecule has 2 aliphatic rings. The summed E-state index contributed by atoms with van der Waals surface area (Å²) < 4.78 is 48.4. The average molecular weight is 529 g/mol. The van der Waals surface area contributed by atoms with Gasteiger partial charge in [-0.1, -0.05) is 11.6 Å².